The van der Waals surface area contributed by atoms with E-state index in [4.69, 9.17) is 6.57 Å². The first-order chi connectivity index (χ1) is 12.8. The first-order valence-corrected chi connectivity index (χ1v) is 8.23. The van der Waals surface area contributed by atoms with Gasteiger partial charge in [0.05, 0.1) is 23.5 Å². The third-order valence-corrected chi connectivity index (χ3v) is 4.68. The Morgan fingerprint density at radius 2 is 1.93 bits per heavy atom. The van der Waals surface area contributed by atoms with E-state index in [1.807, 2.05) is 0 Å². The molecule has 3 rings (SSSR count). The van der Waals surface area contributed by atoms with Gasteiger partial charge in [-0.1, -0.05) is 0 Å². The Balaban J connectivity index is 2.45. The van der Waals surface area contributed by atoms with Gasteiger partial charge < -0.3 is 4.98 Å². The lowest BCUT2D eigenvalue weighted by Gasteiger charge is -2.13. The van der Waals surface area contributed by atoms with Crippen LogP contribution < -0.4 is 0 Å². The number of aliphatic imine (C=N–C) groups is 1. The lowest BCUT2D eigenvalue weighted by atomic mass is 9.94. The summed E-state index contributed by atoms with van der Waals surface area (Å²) in [6.07, 6.45) is 0. The Labute approximate surface area is 156 Å². The minimum Gasteiger partial charge on any atom is -0.357 e. The fourth-order valence-corrected chi connectivity index (χ4v) is 3.34. The SMILES string of the molecule is [C-]#[N+]C1=C(C)C(=C(c2ccc(F)cc2F)c2[nH]c(C)c(C#N)c2C)N=C1C. The van der Waals surface area contributed by atoms with Crippen molar-refractivity contribution >= 4 is 11.3 Å². The van der Waals surface area contributed by atoms with Crippen molar-refractivity contribution in [1.29, 1.82) is 5.26 Å². The number of allylic oxidation sites excluding steroid dienone is 2. The highest BCUT2D eigenvalue weighted by Gasteiger charge is 2.27. The molecular weight excluding hydrogens is 346 g/mol. The molecule has 0 fully saturated rings. The van der Waals surface area contributed by atoms with Gasteiger partial charge in [-0.15, -0.1) is 0 Å². The van der Waals surface area contributed by atoms with Gasteiger partial charge in [-0.2, -0.15) is 5.26 Å². The number of nitrogens with zero attached hydrogens (tertiary/aromatic N) is 3. The largest absolute Gasteiger partial charge is 0.357 e. The molecular formula is C21H16F2N4. The molecule has 1 aromatic heterocycles. The number of hydrogen-bond acceptors (Lipinski definition) is 2. The predicted molar refractivity (Wildman–Crippen MR) is 99.8 cm³/mol. The number of nitriles is 1. The van der Waals surface area contributed by atoms with Gasteiger partial charge in [0.25, 0.3) is 0 Å². The lowest BCUT2D eigenvalue weighted by molar-refractivity contribution is 0.581. The topological polar surface area (TPSA) is 56.3 Å². The van der Waals surface area contributed by atoms with E-state index in [1.54, 1.807) is 27.7 Å². The van der Waals surface area contributed by atoms with Gasteiger partial charge in [0.15, 0.2) is 0 Å². The molecule has 0 radical (unpaired) electrons. The number of hydrogen-bond donors (Lipinski definition) is 1. The summed E-state index contributed by atoms with van der Waals surface area (Å²) in [5.74, 6) is -1.42. The summed E-state index contributed by atoms with van der Waals surface area (Å²) in [6.45, 7) is 14.4. The molecule has 1 aliphatic heterocycles. The highest BCUT2D eigenvalue weighted by Crippen LogP contribution is 2.39. The maximum atomic E-state index is 14.7. The number of benzene rings is 1. The molecule has 0 bridgehead atoms. The average Bonchev–Trinajstić information content (AvgIpc) is 3.05. The molecule has 0 unspecified atom stereocenters. The molecule has 0 saturated carbocycles. The third kappa shape index (κ3) is 2.86. The average molecular weight is 362 g/mol. The zero-order valence-corrected chi connectivity index (χ0v) is 15.3. The minimum atomic E-state index is -0.737. The third-order valence-electron chi connectivity index (χ3n) is 4.68. The van der Waals surface area contributed by atoms with Crippen molar-refractivity contribution in [3.8, 4) is 6.07 Å². The summed E-state index contributed by atoms with van der Waals surface area (Å²) < 4.78 is 28.2. The number of rotatable bonds is 2. The van der Waals surface area contributed by atoms with Crippen LogP contribution in [0.5, 0.6) is 0 Å². The highest BCUT2D eigenvalue weighted by atomic mass is 19.1. The molecule has 0 atom stereocenters. The number of aromatic nitrogens is 1. The first-order valence-electron chi connectivity index (χ1n) is 8.23. The molecule has 6 heteroatoms. The summed E-state index contributed by atoms with van der Waals surface area (Å²) in [5.41, 5.74) is 4.87. The van der Waals surface area contributed by atoms with Crippen LogP contribution in [-0.4, -0.2) is 10.7 Å². The zero-order chi connectivity index (χ0) is 19.9. The van der Waals surface area contributed by atoms with Crippen molar-refractivity contribution in [3.05, 3.63) is 86.3 Å². The summed E-state index contributed by atoms with van der Waals surface area (Å²) in [5, 5.41) is 9.41. The molecule has 1 aliphatic rings. The number of aryl methyl sites for hydroxylation is 1. The van der Waals surface area contributed by atoms with E-state index in [-0.39, 0.29) is 5.56 Å². The van der Waals surface area contributed by atoms with E-state index in [1.165, 1.54) is 12.1 Å². The van der Waals surface area contributed by atoms with Crippen LogP contribution in [0, 0.1) is 43.4 Å². The van der Waals surface area contributed by atoms with E-state index in [0.29, 0.717) is 50.8 Å². The Morgan fingerprint density at radius 3 is 2.44 bits per heavy atom. The second-order valence-corrected chi connectivity index (χ2v) is 6.37. The molecule has 1 aromatic carbocycles. The van der Waals surface area contributed by atoms with Crippen LogP contribution in [0.1, 0.15) is 41.9 Å². The molecule has 2 heterocycles. The molecule has 134 valence electrons. The predicted octanol–water partition coefficient (Wildman–Crippen LogP) is 5.21. The van der Waals surface area contributed by atoms with Crippen molar-refractivity contribution in [2.75, 3.05) is 0 Å². The quantitative estimate of drug-likeness (QED) is 0.733. The summed E-state index contributed by atoms with van der Waals surface area (Å²) in [4.78, 5) is 11.1. The monoisotopic (exact) mass is 362 g/mol. The second kappa shape index (κ2) is 6.66. The molecule has 27 heavy (non-hydrogen) atoms. The van der Waals surface area contributed by atoms with E-state index in [0.717, 1.165) is 6.07 Å². The molecule has 1 N–H and O–H groups in total. The van der Waals surface area contributed by atoms with Gasteiger partial charge in [-0.25, -0.2) is 13.6 Å². The molecule has 0 saturated heterocycles. The summed E-state index contributed by atoms with van der Waals surface area (Å²) in [6, 6.07) is 5.48. The first kappa shape index (κ1) is 18.3. The van der Waals surface area contributed by atoms with E-state index in [9.17, 15) is 14.0 Å². The van der Waals surface area contributed by atoms with Crippen LogP contribution in [0.15, 0.2) is 40.2 Å². The Bertz CT molecular complexity index is 1150. The zero-order valence-electron chi connectivity index (χ0n) is 15.3. The van der Waals surface area contributed by atoms with Crippen LogP contribution in [0.4, 0.5) is 8.78 Å². The van der Waals surface area contributed by atoms with Crippen molar-refractivity contribution in [2.45, 2.75) is 27.7 Å². The molecule has 2 aromatic rings. The van der Waals surface area contributed by atoms with Gasteiger partial charge >= 0.3 is 0 Å². The van der Waals surface area contributed by atoms with Gasteiger partial charge in [0.2, 0.25) is 5.70 Å². The number of aromatic amines is 1. The van der Waals surface area contributed by atoms with Crippen molar-refractivity contribution < 1.29 is 8.78 Å². The van der Waals surface area contributed by atoms with Gasteiger partial charge in [0.1, 0.15) is 17.7 Å². The lowest BCUT2D eigenvalue weighted by Crippen LogP contribution is -2.00. The number of halogens is 2. The summed E-state index contributed by atoms with van der Waals surface area (Å²) >= 11 is 0. The maximum Gasteiger partial charge on any atom is 0.212 e. The van der Waals surface area contributed by atoms with Gasteiger partial charge in [-0.05, 0) is 51.0 Å². The van der Waals surface area contributed by atoms with Crippen LogP contribution in [-0.2, 0) is 0 Å². The van der Waals surface area contributed by atoms with Crippen molar-refractivity contribution in [2.24, 2.45) is 4.99 Å². The molecule has 0 amide bonds. The van der Waals surface area contributed by atoms with E-state index < -0.39 is 11.6 Å². The number of nitrogens with one attached hydrogen (secondary N) is 1. The fourth-order valence-electron chi connectivity index (χ4n) is 3.34. The van der Waals surface area contributed by atoms with Crippen LogP contribution in [0.2, 0.25) is 0 Å². The van der Waals surface area contributed by atoms with Crippen LogP contribution in [0.3, 0.4) is 0 Å². The Hall–Kier alpha value is -3.51. The minimum absolute atomic E-state index is 0.155. The van der Waals surface area contributed by atoms with Gasteiger partial charge in [0, 0.05) is 28.6 Å². The van der Waals surface area contributed by atoms with E-state index in [2.05, 4.69) is 20.9 Å². The number of H-pyrrole nitrogens is 1. The summed E-state index contributed by atoms with van der Waals surface area (Å²) in [7, 11) is 0. The Morgan fingerprint density at radius 1 is 1.22 bits per heavy atom. The smallest absolute Gasteiger partial charge is 0.212 e. The van der Waals surface area contributed by atoms with Crippen LogP contribution in [0.25, 0.3) is 10.4 Å². The molecule has 0 aliphatic carbocycles. The molecule has 4 nitrogen and oxygen atoms in total. The van der Waals surface area contributed by atoms with Crippen molar-refractivity contribution in [1.82, 2.24) is 4.98 Å². The normalized spacial score (nSPS) is 15.5. The highest BCUT2D eigenvalue weighted by molar-refractivity contribution is 6.06. The van der Waals surface area contributed by atoms with Crippen molar-refractivity contribution in [3.63, 3.8) is 0 Å². The fraction of sp³-hybridized carbons (Fsp3) is 0.190. The maximum absolute atomic E-state index is 14.7. The Kier molecular flexibility index (Phi) is 4.51. The van der Waals surface area contributed by atoms with Gasteiger partial charge in [-0.3, -0.25) is 4.99 Å². The van der Waals surface area contributed by atoms with Crippen LogP contribution >= 0.6 is 0 Å². The second-order valence-electron chi connectivity index (χ2n) is 6.37. The standard InChI is InChI=1S/C21H16F2N4/c1-10-16(9-24)12(3)26-20(10)18(15-7-6-14(22)8-17(15)23)21-11(2)19(25-5)13(4)27-21/h6-8,26H,1-4H3. The molecule has 0 spiro atoms. The van der Waals surface area contributed by atoms with E-state index >= 15 is 0 Å².